The van der Waals surface area contributed by atoms with E-state index in [0.29, 0.717) is 6.54 Å². The molecule has 1 amide bonds. The van der Waals surface area contributed by atoms with Crippen LogP contribution in [0.1, 0.15) is 12.5 Å². The molecule has 0 heterocycles. The monoisotopic (exact) mass is 230 g/mol. The van der Waals surface area contributed by atoms with Gasteiger partial charge in [0.25, 0.3) is 0 Å². The number of amides is 1. The summed E-state index contributed by atoms with van der Waals surface area (Å²) in [5.41, 5.74) is 6.09. The second-order valence-corrected chi connectivity index (χ2v) is 3.66. The molecular weight excluding hydrogens is 219 g/mol. The summed E-state index contributed by atoms with van der Waals surface area (Å²) in [6.07, 6.45) is 0. The Labute approximate surface area is 92.4 Å². The summed E-state index contributed by atoms with van der Waals surface area (Å²) >= 11 is 5.58. The highest BCUT2D eigenvalue weighted by Crippen LogP contribution is 2.15. The third kappa shape index (κ3) is 3.49. The molecule has 3 nitrogen and oxygen atoms in total. The van der Waals surface area contributed by atoms with Crippen LogP contribution in [0.2, 0.25) is 5.02 Å². The zero-order chi connectivity index (χ0) is 11.4. The van der Waals surface area contributed by atoms with Crippen molar-refractivity contribution in [1.29, 1.82) is 0 Å². The minimum atomic E-state index is -0.555. The normalized spacial score (nSPS) is 12.3. The molecule has 0 saturated heterocycles. The average Bonchev–Trinajstić information content (AvgIpc) is 2.19. The van der Waals surface area contributed by atoms with E-state index in [-0.39, 0.29) is 10.9 Å². The lowest BCUT2D eigenvalue weighted by molar-refractivity contribution is -0.122. The van der Waals surface area contributed by atoms with E-state index in [1.54, 1.807) is 13.0 Å². The molecule has 0 bridgehead atoms. The Bertz CT molecular complexity index is 368. The highest BCUT2D eigenvalue weighted by molar-refractivity contribution is 6.30. The fourth-order valence-electron chi connectivity index (χ4n) is 1.000. The Morgan fingerprint density at radius 1 is 1.67 bits per heavy atom. The van der Waals surface area contributed by atoms with Gasteiger partial charge in [-0.2, -0.15) is 0 Å². The van der Waals surface area contributed by atoms with Gasteiger partial charge < -0.3 is 11.1 Å². The average molecular weight is 231 g/mol. The maximum Gasteiger partial charge on any atom is 0.236 e. The van der Waals surface area contributed by atoms with Gasteiger partial charge in [-0.05, 0) is 24.6 Å². The van der Waals surface area contributed by atoms with Gasteiger partial charge in [-0.1, -0.05) is 17.7 Å². The zero-order valence-corrected chi connectivity index (χ0v) is 9.01. The van der Waals surface area contributed by atoms with E-state index < -0.39 is 11.9 Å². The van der Waals surface area contributed by atoms with Crippen molar-refractivity contribution < 1.29 is 9.18 Å². The predicted molar refractivity (Wildman–Crippen MR) is 56.9 cm³/mol. The van der Waals surface area contributed by atoms with E-state index in [0.717, 1.165) is 5.56 Å². The molecule has 0 aromatic heterocycles. The van der Waals surface area contributed by atoms with Crippen LogP contribution in [0.3, 0.4) is 0 Å². The molecule has 82 valence electrons. The van der Waals surface area contributed by atoms with Crippen LogP contribution in [-0.4, -0.2) is 11.9 Å². The minimum Gasteiger partial charge on any atom is -0.351 e. The van der Waals surface area contributed by atoms with Crippen molar-refractivity contribution in [2.24, 2.45) is 5.73 Å². The van der Waals surface area contributed by atoms with Gasteiger partial charge in [-0.25, -0.2) is 4.39 Å². The van der Waals surface area contributed by atoms with Crippen LogP contribution in [0.25, 0.3) is 0 Å². The molecule has 0 unspecified atom stereocenters. The van der Waals surface area contributed by atoms with Gasteiger partial charge in [0.15, 0.2) is 0 Å². The summed E-state index contributed by atoms with van der Waals surface area (Å²) in [6, 6.07) is 3.73. The molecule has 3 N–H and O–H groups in total. The molecule has 0 radical (unpaired) electrons. The second-order valence-electron chi connectivity index (χ2n) is 3.25. The lowest BCUT2D eigenvalue weighted by Gasteiger charge is -2.07. The van der Waals surface area contributed by atoms with Gasteiger partial charge in [0, 0.05) is 6.54 Å². The molecule has 1 aromatic carbocycles. The van der Waals surface area contributed by atoms with Gasteiger partial charge in [0.2, 0.25) is 5.91 Å². The van der Waals surface area contributed by atoms with Crippen LogP contribution in [0, 0.1) is 5.82 Å². The van der Waals surface area contributed by atoms with E-state index in [4.69, 9.17) is 17.3 Å². The van der Waals surface area contributed by atoms with Crippen molar-refractivity contribution in [1.82, 2.24) is 5.32 Å². The Kier molecular flexibility index (Phi) is 4.05. The number of benzene rings is 1. The number of nitrogens with two attached hydrogens (primary N) is 1. The lowest BCUT2D eigenvalue weighted by Crippen LogP contribution is -2.37. The van der Waals surface area contributed by atoms with Gasteiger partial charge in [-0.3, -0.25) is 4.79 Å². The molecule has 0 fully saturated rings. The first-order valence-corrected chi connectivity index (χ1v) is 4.85. The first-order chi connectivity index (χ1) is 7.00. The number of hydrogen-bond donors (Lipinski definition) is 2. The van der Waals surface area contributed by atoms with Crippen LogP contribution < -0.4 is 11.1 Å². The Hall–Kier alpha value is -1.13. The van der Waals surface area contributed by atoms with Crippen LogP contribution >= 0.6 is 11.6 Å². The van der Waals surface area contributed by atoms with E-state index >= 15 is 0 Å². The van der Waals surface area contributed by atoms with E-state index in [2.05, 4.69) is 5.32 Å². The quantitative estimate of drug-likeness (QED) is 0.826. The highest BCUT2D eigenvalue weighted by atomic mass is 35.5. The largest absolute Gasteiger partial charge is 0.351 e. The summed E-state index contributed by atoms with van der Waals surface area (Å²) in [4.78, 5) is 11.1. The minimum absolute atomic E-state index is 0.0440. The van der Waals surface area contributed by atoms with Crippen LogP contribution in [0.15, 0.2) is 18.2 Å². The van der Waals surface area contributed by atoms with Gasteiger partial charge in [0.1, 0.15) is 5.82 Å². The maximum atomic E-state index is 12.8. The summed E-state index contributed by atoms with van der Waals surface area (Å²) in [5.74, 6) is -0.727. The van der Waals surface area contributed by atoms with Crippen molar-refractivity contribution in [3.63, 3.8) is 0 Å². The van der Waals surface area contributed by atoms with Gasteiger partial charge >= 0.3 is 0 Å². The molecule has 0 aliphatic heterocycles. The fourth-order valence-corrected chi connectivity index (χ4v) is 1.20. The third-order valence-corrected chi connectivity index (χ3v) is 2.15. The third-order valence-electron chi connectivity index (χ3n) is 1.86. The fraction of sp³-hybridized carbons (Fsp3) is 0.300. The summed E-state index contributed by atoms with van der Waals surface area (Å²) < 4.78 is 12.8. The summed E-state index contributed by atoms with van der Waals surface area (Å²) in [6.45, 7) is 1.88. The first-order valence-electron chi connectivity index (χ1n) is 4.48. The number of nitrogens with one attached hydrogen (secondary N) is 1. The maximum absolute atomic E-state index is 12.8. The Balaban J connectivity index is 2.58. The lowest BCUT2D eigenvalue weighted by atomic mass is 10.2. The van der Waals surface area contributed by atoms with Gasteiger partial charge in [-0.15, -0.1) is 0 Å². The molecule has 0 spiro atoms. The molecule has 0 aliphatic carbocycles. The summed E-state index contributed by atoms with van der Waals surface area (Å²) in [5, 5.41) is 2.64. The van der Waals surface area contributed by atoms with Crippen molar-refractivity contribution >= 4 is 17.5 Å². The number of carbonyl (C=O) groups excluding carboxylic acids is 1. The molecule has 1 rings (SSSR count). The zero-order valence-electron chi connectivity index (χ0n) is 8.26. The topological polar surface area (TPSA) is 55.1 Å². The van der Waals surface area contributed by atoms with Gasteiger partial charge in [0.05, 0.1) is 11.1 Å². The Morgan fingerprint density at radius 3 is 2.87 bits per heavy atom. The van der Waals surface area contributed by atoms with Crippen molar-refractivity contribution in [3.05, 3.63) is 34.6 Å². The number of rotatable bonds is 3. The van der Waals surface area contributed by atoms with E-state index in [9.17, 15) is 9.18 Å². The SMILES string of the molecule is C[C@H](N)C(=O)NCc1ccc(F)c(Cl)c1. The van der Waals surface area contributed by atoms with Crippen molar-refractivity contribution in [2.45, 2.75) is 19.5 Å². The standard InChI is InChI=1S/C10H12ClFN2O/c1-6(13)10(15)14-5-7-2-3-9(12)8(11)4-7/h2-4,6H,5,13H2,1H3,(H,14,15)/t6-/m0/s1. The van der Waals surface area contributed by atoms with Crippen LogP contribution in [-0.2, 0) is 11.3 Å². The number of carbonyl (C=O) groups is 1. The Morgan fingerprint density at radius 2 is 2.33 bits per heavy atom. The van der Waals surface area contributed by atoms with E-state index in [1.807, 2.05) is 0 Å². The molecule has 0 aliphatic rings. The molecule has 1 atom stereocenters. The summed E-state index contributed by atoms with van der Waals surface area (Å²) in [7, 11) is 0. The highest BCUT2D eigenvalue weighted by Gasteiger charge is 2.07. The molecular formula is C10H12ClFN2O. The number of halogens is 2. The second kappa shape index (κ2) is 5.09. The number of hydrogen-bond acceptors (Lipinski definition) is 2. The molecule has 1 aromatic rings. The van der Waals surface area contributed by atoms with E-state index in [1.165, 1.54) is 12.1 Å². The smallest absolute Gasteiger partial charge is 0.236 e. The molecule has 15 heavy (non-hydrogen) atoms. The molecule has 5 heteroatoms. The van der Waals surface area contributed by atoms with Crippen LogP contribution in [0.4, 0.5) is 4.39 Å². The molecule has 0 saturated carbocycles. The van der Waals surface area contributed by atoms with Crippen LogP contribution in [0.5, 0.6) is 0 Å². The van der Waals surface area contributed by atoms with Crippen molar-refractivity contribution in [3.8, 4) is 0 Å². The predicted octanol–water partition coefficient (Wildman–Crippen LogP) is 1.44. The van der Waals surface area contributed by atoms with Crippen molar-refractivity contribution in [2.75, 3.05) is 0 Å². The first kappa shape index (κ1) is 11.9.